The molecular weight excluding hydrogens is 178 g/mol. The third kappa shape index (κ3) is 1.32. The molecule has 1 aliphatic carbocycles. The van der Waals surface area contributed by atoms with E-state index in [0.29, 0.717) is 11.3 Å². The van der Waals surface area contributed by atoms with Crippen LogP contribution in [0.2, 0.25) is 0 Å². The Hall–Kier alpha value is -0.370. The lowest BCUT2D eigenvalue weighted by Gasteiger charge is -2.36. The van der Waals surface area contributed by atoms with E-state index in [2.05, 4.69) is 25.8 Å². The van der Waals surface area contributed by atoms with E-state index in [9.17, 15) is 0 Å². The van der Waals surface area contributed by atoms with Gasteiger partial charge in [0, 0.05) is 10.3 Å². The van der Waals surface area contributed by atoms with Crippen LogP contribution in [-0.4, -0.2) is 4.98 Å². The molecule has 13 heavy (non-hydrogen) atoms. The van der Waals surface area contributed by atoms with Crippen molar-refractivity contribution in [1.29, 1.82) is 0 Å². The van der Waals surface area contributed by atoms with Gasteiger partial charge in [0.25, 0.3) is 0 Å². The van der Waals surface area contributed by atoms with Crippen LogP contribution in [0.1, 0.15) is 44.2 Å². The summed E-state index contributed by atoms with van der Waals surface area (Å²) >= 11 is 1.83. The zero-order valence-corrected chi connectivity index (χ0v) is 9.45. The maximum absolute atomic E-state index is 4.55. The van der Waals surface area contributed by atoms with E-state index in [1.165, 1.54) is 29.8 Å². The molecule has 0 amide bonds. The van der Waals surface area contributed by atoms with Crippen molar-refractivity contribution in [2.75, 3.05) is 0 Å². The molecular formula is C11H17NS. The Morgan fingerprint density at radius 2 is 2.31 bits per heavy atom. The summed E-state index contributed by atoms with van der Waals surface area (Å²) in [5, 5.41) is 0. The van der Waals surface area contributed by atoms with E-state index in [4.69, 9.17) is 0 Å². The van der Waals surface area contributed by atoms with Gasteiger partial charge in [0.15, 0.2) is 0 Å². The highest BCUT2D eigenvalue weighted by atomic mass is 32.1. The normalized spacial score (nSPS) is 27.7. The Morgan fingerprint density at radius 1 is 1.54 bits per heavy atom. The Bertz CT molecular complexity index is 303. The molecule has 1 aromatic rings. The lowest BCUT2D eigenvalue weighted by molar-refractivity contribution is 0.284. The Kier molecular flexibility index (Phi) is 2.18. The third-order valence-corrected chi connectivity index (χ3v) is 4.45. The number of nitrogens with zero attached hydrogens (tertiary/aromatic N) is 1. The van der Waals surface area contributed by atoms with Crippen LogP contribution in [0.25, 0.3) is 0 Å². The molecule has 1 aliphatic rings. The fraction of sp³-hybridized carbons (Fsp3) is 0.727. The molecule has 1 heterocycles. The van der Waals surface area contributed by atoms with Gasteiger partial charge in [-0.05, 0) is 25.2 Å². The molecule has 0 aromatic carbocycles. The van der Waals surface area contributed by atoms with Gasteiger partial charge in [-0.15, -0.1) is 11.3 Å². The lowest BCUT2D eigenvalue weighted by Crippen LogP contribution is -2.32. The summed E-state index contributed by atoms with van der Waals surface area (Å²) in [6, 6.07) is 0. The Labute approximate surface area is 84.2 Å². The van der Waals surface area contributed by atoms with E-state index < -0.39 is 0 Å². The van der Waals surface area contributed by atoms with Crippen molar-refractivity contribution in [2.45, 2.75) is 45.4 Å². The quantitative estimate of drug-likeness (QED) is 0.669. The summed E-state index contributed by atoms with van der Waals surface area (Å²) in [7, 11) is 0. The maximum atomic E-state index is 4.55. The number of aryl methyl sites for hydroxylation is 1. The third-order valence-electron chi connectivity index (χ3n) is 3.56. The maximum Gasteiger partial charge on any atom is 0.0797 e. The second-order valence-electron chi connectivity index (χ2n) is 4.55. The van der Waals surface area contributed by atoms with E-state index >= 15 is 0 Å². The van der Waals surface area contributed by atoms with Crippen LogP contribution < -0.4 is 0 Å². The van der Waals surface area contributed by atoms with Gasteiger partial charge in [-0.25, -0.2) is 4.98 Å². The molecule has 2 rings (SSSR count). The molecule has 0 radical (unpaired) electrons. The van der Waals surface area contributed by atoms with Crippen molar-refractivity contribution in [3.63, 3.8) is 0 Å². The number of hydrogen-bond donors (Lipinski definition) is 0. The lowest BCUT2D eigenvalue weighted by atomic mass is 9.69. The van der Waals surface area contributed by atoms with E-state index in [0.717, 1.165) is 0 Å². The minimum atomic E-state index is 0.341. The second kappa shape index (κ2) is 3.09. The summed E-state index contributed by atoms with van der Waals surface area (Å²) in [6.45, 7) is 7.00. The highest BCUT2D eigenvalue weighted by molar-refractivity contribution is 7.09. The van der Waals surface area contributed by atoms with E-state index in [1.807, 2.05) is 16.8 Å². The monoisotopic (exact) mass is 195 g/mol. The molecule has 0 bridgehead atoms. The first kappa shape index (κ1) is 9.20. The molecule has 1 nitrogen and oxygen atoms in total. The van der Waals surface area contributed by atoms with Crippen LogP contribution in [0.15, 0.2) is 5.51 Å². The molecule has 0 saturated carbocycles. The molecule has 1 unspecified atom stereocenters. The van der Waals surface area contributed by atoms with Gasteiger partial charge in [-0.2, -0.15) is 0 Å². The molecule has 1 aromatic heterocycles. The average Bonchev–Trinajstić information content (AvgIpc) is 2.53. The van der Waals surface area contributed by atoms with Crippen LogP contribution in [0.3, 0.4) is 0 Å². The Morgan fingerprint density at radius 3 is 3.00 bits per heavy atom. The van der Waals surface area contributed by atoms with Gasteiger partial charge in [0.2, 0.25) is 0 Å². The molecule has 0 spiro atoms. The zero-order valence-electron chi connectivity index (χ0n) is 8.63. The number of fused-ring (bicyclic) bond motifs is 1. The standard InChI is InChI=1S/C11H17NS/c1-8(2)11(3)6-4-5-9-10(11)12-7-13-9/h7-8H,4-6H2,1-3H3. The minimum absolute atomic E-state index is 0.341. The van der Waals surface area contributed by atoms with Gasteiger partial charge in [0.05, 0.1) is 11.2 Å². The predicted molar refractivity (Wildman–Crippen MR) is 57.2 cm³/mol. The van der Waals surface area contributed by atoms with Gasteiger partial charge in [-0.3, -0.25) is 0 Å². The minimum Gasteiger partial charge on any atom is -0.249 e. The molecule has 0 aliphatic heterocycles. The first-order valence-corrected chi connectivity index (χ1v) is 5.95. The van der Waals surface area contributed by atoms with Crippen molar-refractivity contribution in [3.8, 4) is 0 Å². The highest BCUT2D eigenvalue weighted by Crippen LogP contribution is 2.42. The van der Waals surface area contributed by atoms with Crippen LogP contribution in [0.4, 0.5) is 0 Å². The van der Waals surface area contributed by atoms with Crippen LogP contribution in [-0.2, 0) is 11.8 Å². The first-order chi connectivity index (χ1) is 6.14. The summed E-state index contributed by atoms with van der Waals surface area (Å²) in [4.78, 5) is 6.08. The smallest absolute Gasteiger partial charge is 0.0797 e. The van der Waals surface area contributed by atoms with Crippen molar-refractivity contribution in [3.05, 3.63) is 16.1 Å². The predicted octanol–water partition coefficient (Wildman–Crippen LogP) is 3.39. The molecule has 0 saturated heterocycles. The van der Waals surface area contributed by atoms with Crippen LogP contribution in [0.5, 0.6) is 0 Å². The molecule has 2 heteroatoms. The van der Waals surface area contributed by atoms with Gasteiger partial charge < -0.3 is 0 Å². The summed E-state index contributed by atoms with van der Waals surface area (Å²) in [5.41, 5.74) is 3.74. The molecule has 0 N–H and O–H groups in total. The van der Waals surface area contributed by atoms with Crippen molar-refractivity contribution < 1.29 is 0 Å². The summed E-state index contributed by atoms with van der Waals surface area (Å²) in [6.07, 6.45) is 3.90. The van der Waals surface area contributed by atoms with E-state index in [1.54, 1.807) is 0 Å². The summed E-state index contributed by atoms with van der Waals surface area (Å²) < 4.78 is 0. The van der Waals surface area contributed by atoms with Crippen LogP contribution in [0, 0.1) is 5.92 Å². The van der Waals surface area contributed by atoms with Crippen molar-refractivity contribution in [1.82, 2.24) is 4.98 Å². The van der Waals surface area contributed by atoms with E-state index in [-0.39, 0.29) is 0 Å². The Balaban J connectivity index is 2.45. The van der Waals surface area contributed by atoms with Crippen LogP contribution >= 0.6 is 11.3 Å². The zero-order chi connectivity index (χ0) is 9.47. The van der Waals surface area contributed by atoms with Gasteiger partial charge in [0.1, 0.15) is 0 Å². The van der Waals surface area contributed by atoms with Gasteiger partial charge >= 0.3 is 0 Å². The fourth-order valence-corrected chi connectivity index (χ4v) is 3.16. The summed E-state index contributed by atoms with van der Waals surface area (Å²) in [5.74, 6) is 0.702. The molecule has 1 atom stereocenters. The highest BCUT2D eigenvalue weighted by Gasteiger charge is 2.36. The number of aromatic nitrogens is 1. The fourth-order valence-electron chi connectivity index (χ4n) is 2.21. The number of hydrogen-bond acceptors (Lipinski definition) is 2. The topological polar surface area (TPSA) is 12.9 Å². The van der Waals surface area contributed by atoms with Crippen molar-refractivity contribution in [2.24, 2.45) is 5.92 Å². The second-order valence-corrected chi connectivity index (χ2v) is 5.49. The largest absolute Gasteiger partial charge is 0.249 e. The SMILES string of the molecule is CC(C)C1(C)CCCc2scnc21. The average molecular weight is 195 g/mol. The molecule has 0 fully saturated rings. The molecule has 72 valence electrons. The number of rotatable bonds is 1. The van der Waals surface area contributed by atoms with Crippen molar-refractivity contribution >= 4 is 11.3 Å². The van der Waals surface area contributed by atoms with Gasteiger partial charge in [-0.1, -0.05) is 20.8 Å². The number of thiazole rings is 1. The first-order valence-electron chi connectivity index (χ1n) is 5.07.